The van der Waals surface area contributed by atoms with Crippen molar-refractivity contribution < 1.29 is 19.1 Å². The minimum atomic E-state index is -0.714. The number of hydrogen-bond acceptors (Lipinski definition) is 7. The third kappa shape index (κ3) is 5.94. The fraction of sp³-hybridized carbons (Fsp3) is 0.500. The number of imide groups is 1. The topological polar surface area (TPSA) is 84.0 Å². The second-order valence-corrected chi connectivity index (χ2v) is 10.8. The Balaban J connectivity index is 1.66. The number of nitrogens with zero attached hydrogens (tertiary/aromatic N) is 3. The van der Waals surface area contributed by atoms with E-state index in [2.05, 4.69) is 16.3 Å². The Labute approximate surface area is 211 Å². The first kappa shape index (κ1) is 25.4. The lowest BCUT2D eigenvalue weighted by Crippen LogP contribution is -2.37. The van der Waals surface area contributed by atoms with E-state index >= 15 is 0 Å². The van der Waals surface area contributed by atoms with Crippen LogP contribution in [0.1, 0.15) is 66.7 Å². The number of benzene rings is 1. The predicted molar refractivity (Wildman–Crippen MR) is 135 cm³/mol. The summed E-state index contributed by atoms with van der Waals surface area (Å²) in [5, 5.41) is 3.78. The van der Waals surface area contributed by atoms with Crippen LogP contribution >= 0.6 is 11.6 Å². The van der Waals surface area contributed by atoms with Gasteiger partial charge in [0, 0.05) is 30.3 Å². The predicted octanol–water partition coefficient (Wildman–Crippen LogP) is 5.33. The molecule has 4 rings (SSSR count). The lowest BCUT2D eigenvalue weighted by Gasteiger charge is -2.24. The summed E-state index contributed by atoms with van der Waals surface area (Å²) in [4.78, 5) is 34.0. The van der Waals surface area contributed by atoms with Crippen LogP contribution in [-0.2, 0) is 22.6 Å². The van der Waals surface area contributed by atoms with Crippen LogP contribution in [0.5, 0.6) is 0 Å². The quantitative estimate of drug-likeness (QED) is 0.594. The summed E-state index contributed by atoms with van der Waals surface area (Å²) in [7, 11) is 4.01. The summed E-state index contributed by atoms with van der Waals surface area (Å²) in [6.45, 7) is 7.55. The second kappa shape index (κ2) is 10.1. The number of hydrogen-bond donors (Lipinski definition) is 1. The highest BCUT2D eigenvalue weighted by Gasteiger charge is 2.38. The van der Waals surface area contributed by atoms with Gasteiger partial charge >= 0.3 is 6.09 Å². The number of carbonyl (C=O) groups is 2. The monoisotopic (exact) mass is 500 g/mol. The van der Waals surface area contributed by atoms with E-state index in [-0.39, 0.29) is 6.54 Å². The van der Waals surface area contributed by atoms with Gasteiger partial charge in [0.05, 0.1) is 23.5 Å². The number of rotatable bonds is 5. The molecule has 2 aliphatic rings. The van der Waals surface area contributed by atoms with Crippen molar-refractivity contribution in [3.05, 3.63) is 51.7 Å². The smallest absolute Gasteiger partial charge is 0.417 e. The number of anilines is 2. The summed E-state index contributed by atoms with van der Waals surface area (Å²) in [6, 6.07) is 7.69. The Kier molecular flexibility index (Phi) is 7.35. The molecule has 2 aromatic rings. The highest BCUT2D eigenvalue weighted by atomic mass is 35.5. The average Bonchev–Trinajstić information content (AvgIpc) is 3.13. The molecule has 0 bridgehead atoms. The largest absolute Gasteiger partial charge is 0.443 e. The molecule has 0 radical (unpaired) electrons. The molecule has 2 aliphatic heterocycles. The molecule has 3 heterocycles. The number of pyridine rings is 1. The lowest BCUT2D eigenvalue weighted by atomic mass is 9.91. The lowest BCUT2D eigenvalue weighted by molar-refractivity contribution is 0.0248. The van der Waals surface area contributed by atoms with Crippen LogP contribution in [-0.4, -0.2) is 59.7 Å². The molecule has 1 fully saturated rings. The van der Waals surface area contributed by atoms with E-state index in [1.165, 1.54) is 5.56 Å². The van der Waals surface area contributed by atoms with Gasteiger partial charge in [-0.05, 0) is 83.5 Å². The van der Waals surface area contributed by atoms with Gasteiger partial charge in [-0.15, -0.1) is 0 Å². The van der Waals surface area contributed by atoms with Crippen molar-refractivity contribution in [1.29, 1.82) is 0 Å². The Morgan fingerprint density at radius 2 is 1.97 bits per heavy atom. The molecule has 1 aromatic heterocycles. The Bertz CT molecular complexity index is 1120. The normalized spacial score (nSPS) is 16.5. The van der Waals surface area contributed by atoms with E-state index in [0.717, 1.165) is 36.6 Å². The fourth-order valence-corrected chi connectivity index (χ4v) is 4.66. The van der Waals surface area contributed by atoms with Crippen molar-refractivity contribution in [3.8, 4) is 0 Å². The molecule has 188 valence electrons. The molecule has 2 amide bonds. The Morgan fingerprint density at radius 3 is 2.63 bits per heavy atom. The number of nitrogens with one attached hydrogen (secondary N) is 1. The molecule has 0 atom stereocenters. The SMILES string of the molecule is CN(C)Cc1cc(C2CCOCC2)cc(Nc2ccc(Cl)c3c2C(=O)N(C(=O)OC(C)(C)C)C3)n1. The zero-order valence-corrected chi connectivity index (χ0v) is 21.7. The molecule has 1 aromatic carbocycles. The van der Waals surface area contributed by atoms with E-state index < -0.39 is 17.6 Å². The number of amides is 2. The molecule has 35 heavy (non-hydrogen) atoms. The maximum absolute atomic E-state index is 13.3. The van der Waals surface area contributed by atoms with Crippen LogP contribution in [0.2, 0.25) is 5.02 Å². The van der Waals surface area contributed by atoms with Gasteiger partial charge in [-0.1, -0.05) is 11.6 Å². The third-order valence-electron chi connectivity index (χ3n) is 5.98. The third-order valence-corrected chi connectivity index (χ3v) is 6.33. The van der Waals surface area contributed by atoms with Crippen molar-refractivity contribution >= 4 is 35.1 Å². The van der Waals surface area contributed by atoms with Gasteiger partial charge in [0.25, 0.3) is 5.91 Å². The molecular formula is C26H33ClN4O4. The fourth-order valence-electron chi connectivity index (χ4n) is 4.44. The van der Waals surface area contributed by atoms with Crippen molar-refractivity contribution in [2.75, 3.05) is 32.6 Å². The van der Waals surface area contributed by atoms with Crippen LogP contribution in [0.25, 0.3) is 0 Å². The van der Waals surface area contributed by atoms with E-state index in [1.54, 1.807) is 32.9 Å². The summed E-state index contributed by atoms with van der Waals surface area (Å²) in [5.74, 6) is 0.612. The van der Waals surface area contributed by atoms with Crippen molar-refractivity contribution in [2.24, 2.45) is 0 Å². The van der Waals surface area contributed by atoms with Crippen LogP contribution < -0.4 is 5.32 Å². The highest BCUT2D eigenvalue weighted by Crippen LogP contribution is 2.37. The van der Waals surface area contributed by atoms with Gasteiger partial charge in [-0.2, -0.15) is 0 Å². The molecule has 0 spiro atoms. The molecule has 1 saturated heterocycles. The van der Waals surface area contributed by atoms with Gasteiger partial charge in [0.1, 0.15) is 11.4 Å². The number of carbonyl (C=O) groups excluding carboxylic acids is 2. The van der Waals surface area contributed by atoms with Crippen LogP contribution in [0.4, 0.5) is 16.3 Å². The van der Waals surface area contributed by atoms with Gasteiger partial charge in [-0.3, -0.25) is 4.79 Å². The number of halogens is 1. The van der Waals surface area contributed by atoms with Crippen molar-refractivity contribution in [2.45, 2.75) is 58.2 Å². The van der Waals surface area contributed by atoms with Gasteiger partial charge in [-0.25, -0.2) is 14.7 Å². The molecule has 8 nitrogen and oxygen atoms in total. The van der Waals surface area contributed by atoms with Crippen molar-refractivity contribution in [3.63, 3.8) is 0 Å². The van der Waals surface area contributed by atoms with Crippen molar-refractivity contribution in [1.82, 2.24) is 14.8 Å². The maximum Gasteiger partial charge on any atom is 0.417 e. The second-order valence-electron chi connectivity index (χ2n) is 10.3. The number of ether oxygens (including phenoxy) is 2. The Morgan fingerprint density at radius 1 is 1.26 bits per heavy atom. The minimum Gasteiger partial charge on any atom is -0.443 e. The zero-order chi connectivity index (χ0) is 25.3. The summed E-state index contributed by atoms with van der Waals surface area (Å²) < 4.78 is 11.0. The summed E-state index contributed by atoms with van der Waals surface area (Å²) in [5.41, 5.74) is 2.96. The van der Waals surface area contributed by atoms with Gasteiger partial charge < -0.3 is 19.7 Å². The first-order valence-electron chi connectivity index (χ1n) is 11.9. The van der Waals surface area contributed by atoms with E-state index in [1.807, 2.05) is 20.2 Å². The van der Waals surface area contributed by atoms with Crippen LogP contribution in [0.15, 0.2) is 24.3 Å². The van der Waals surface area contributed by atoms with Gasteiger partial charge in [0.15, 0.2) is 0 Å². The molecule has 0 aliphatic carbocycles. The average molecular weight is 501 g/mol. The van der Waals surface area contributed by atoms with Gasteiger partial charge in [0.2, 0.25) is 0 Å². The first-order valence-corrected chi connectivity index (χ1v) is 12.3. The minimum absolute atomic E-state index is 0.0683. The maximum atomic E-state index is 13.3. The molecule has 0 saturated carbocycles. The molecule has 0 unspecified atom stereocenters. The Hall–Kier alpha value is -2.68. The summed E-state index contributed by atoms with van der Waals surface area (Å²) in [6.07, 6.45) is 1.24. The molecule has 9 heteroatoms. The first-order chi connectivity index (χ1) is 16.5. The number of aromatic nitrogens is 1. The highest BCUT2D eigenvalue weighted by molar-refractivity contribution is 6.32. The van der Waals surface area contributed by atoms with Crippen LogP contribution in [0.3, 0.4) is 0 Å². The zero-order valence-electron chi connectivity index (χ0n) is 21.0. The molecular weight excluding hydrogens is 468 g/mol. The number of fused-ring (bicyclic) bond motifs is 1. The molecule has 1 N–H and O–H groups in total. The van der Waals surface area contributed by atoms with E-state index in [9.17, 15) is 9.59 Å². The van der Waals surface area contributed by atoms with E-state index in [4.69, 9.17) is 26.1 Å². The standard InChI is InChI=1S/C26H33ClN4O4/c1-26(2,3)35-25(33)31-15-19-20(27)6-7-21(23(19)24(31)32)29-22-13-17(16-8-10-34-11-9-16)12-18(28-22)14-30(4)5/h6-7,12-13,16H,8-11,14-15H2,1-5H3,(H,28,29). The van der Waals surface area contributed by atoms with Crippen LogP contribution in [0, 0.1) is 0 Å². The van der Waals surface area contributed by atoms with E-state index in [0.29, 0.717) is 40.1 Å². The summed E-state index contributed by atoms with van der Waals surface area (Å²) >= 11 is 6.43.